The van der Waals surface area contributed by atoms with E-state index >= 15 is 0 Å². The molecule has 2 atom stereocenters. The number of nitrogens with zero attached hydrogens (tertiary/aromatic N) is 3. The molecular weight excluding hydrogens is 507 g/mol. The van der Waals surface area contributed by atoms with E-state index in [2.05, 4.69) is 41.1 Å². The van der Waals surface area contributed by atoms with Gasteiger partial charge in [-0.25, -0.2) is 9.99 Å². The zero-order valence-electron chi connectivity index (χ0n) is 20.7. The number of carbonyl (C=O) groups excluding carboxylic acids is 1. The van der Waals surface area contributed by atoms with Crippen LogP contribution in [0.2, 0.25) is 0 Å². The van der Waals surface area contributed by atoms with Gasteiger partial charge < -0.3 is 0 Å². The second-order valence-electron chi connectivity index (χ2n) is 9.72. The Kier molecular flexibility index (Phi) is 5.99. The van der Waals surface area contributed by atoms with Crippen LogP contribution in [0.25, 0.3) is 28.2 Å². The molecule has 2 aromatic carbocycles. The first kappa shape index (κ1) is 23.3. The van der Waals surface area contributed by atoms with Gasteiger partial charge in [0.2, 0.25) is 0 Å². The molecule has 0 N–H and O–H groups in total. The maximum atomic E-state index is 14.5. The molecule has 0 bridgehead atoms. The third-order valence-corrected chi connectivity index (χ3v) is 9.18. The lowest BCUT2D eigenvalue weighted by Crippen LogP contribution is -2.31. The van der Waals surface area contributed by atoms with Crippen molar-refractivity contribution in [1.29, 1.82) is 0 Å². The molecule has 2 aliphatic rings. The Labute approximate surface area is 229 Å². The number of rotatable bonds is 4. The van der Waals surface area contributed by atoms with Crippen LogP contribution in [0.5, 0.6) is 0 Å². The van der Waals surface area contributed by atoms with Crippen molar-refractivity contribution in [3.63, 3.8) is 0 Å². The molecule has 4 nitrogen and oxygen atoms in total. The fraction of sp³-hybridized carbons (Fsp3) is 0.156. The minimum absolute atomic E-state index is 0.0726. The molecule has 186 valence electrons. The number of para-hydroxylation sites is 1. The Bertz CT molecular complexity index is 1670. The van der Waals surface area contributed by atoms with E-state index in [0.717, 1.165) is 47.1 Å². The SMILES string of the molecule is O=C(c1cc(-c2ccccc2)nc2ccccc12)N1N=C2/C(=C/c3cccs3)CCC[C@H]2[C@@H]1c1cccs1. The van der Waals surface area contributed by atoms with Crippen molar-refractivity contribution in [2.75, 3.05) is 0 Å². The lowest BCUT2D eigenvalue weighted by atomic mass is 9.79. The van der Waals surface area contributed by atoms with Gasteiger partial charge in [0.1, 0.15) is 0 Å². The van der Waals surface area contributed by atoms with Crippen LogP contribution in [-0.2, 0) is 0 Å². The van der Waals surface area contributed by atoms with Crippen molar-refractivity contribution in [3.05, 3.63) is 117 Å². The topological polar surface area (TPSA) is 45.6 Å². The smallest absolute Gasteiger partial charge is 0.267 e. The Morgan fingerprint density at radius 2 is 1.74 bits per heavy atom. The minimum Gasteiger partial charge on any atom is -0.267 e. The number of fused-ring (bicyclic) bond motifs is 2. The quantitative estimate of drug-likeness (QED) is 0.233. The van der Waals surface area contributed by atoms with Crippen molar-refractivity contribution < 1.29 is 4.79 Å². The number of amides is 1. The van der Waals surface area contributed by atoms with Crippen LogP contribution < -0.4 is 0 Å². The second kappa shape index (κ2) is 9.78. The van der Waals surface area contributed by atoms with Crippen molar-refractivity contribution in [3.8, 4) is 11.3 Å². The number of benzene rings is 2. The van der Waals surface area contributed by atoms with Gasteiger partial charge in [0.05, 0.1) is 28.5 Å². The van der Waals surface area contributed by atoms with E-state index in [-0.39, 0.29) is 17.9 Å². The first-order chi connectivity index (χ1) is 18.8. The lowest BCUT2D eigenvalue weighted by Gasteiger charge is -2.28. The normalized spacial score (nSPS) is 20.1. The summed E-state index contributed by atoms with van der Waals surface area (Å²) in [6, 6.07) is 28.2. The van der Waals surface area contributed by atoms with Gasteiger partial charge in [0.25, 0.3) is 5.91 Å². The molecule has 4 heterocycles. The predicted molar refractivity (Wildman–Crippen MR) is 157 cm³/mol. The summed E-state index contributed by atoms with van der Waals surface area (Å²) in [7, 11) is 0. The summed E-state index contributed by atoms with van der Waals surface area (Å²) >= 11 is 3.44. The molecule has 0 unspecified atom stereocenters. The van der Waals surface area contributed by atoms with Crippen molar-refractivity contribution in [2.24, 2.45) is 11.0 Å². The molecule has 7 rings (SSSR count). The summed E-state index contributed by atoms with van der Waals surface area (Å²) in [6.45, 7) is 0. The number of aromatic nitrogens is 1. The zero-order valence-corrected chi connectivity index (χ0v) is 22.3. The minimum atomic E-state index is -0.100. The number of hydrogen-bond donors (Lipinski definition) is 0. The van der Waals surface area contributed by atoms with E-state index in [9.17, 15) is 4.79 Å². The van der Waals surface area contributed by atoms with Crippen molar-refractivity contribution in [1.82, 2.24) is 9.99 Å². The van der Waals surface area contributed by atoms with Gasteiger partial charge in [-0.2, -0.15) is 5.10 Å². The van der Waals surface area contributed by atoms with Crippen LogP contribution in [0.1, 0.15) is 45.4 Å². The number of thiophene rings is 2. The first-order valence-corrected chi connectivity index (χ1v) is 14.7. The van der Waals surface area contributed by atoms with E-state index in [1.807, 2.05) is 60.7 Å². The van der Waals surface area contributed by atoms with E-state index in [4.69, 9.17) is 10.1 Å². The Balaban J connectivity index is 1.37. The maximum absolute atomic E-state index is 14.5. The van der Waals surface area contributed by atoms with Crippen LogP contribution in [0, 0.1) is 5.92 Å². The van der Waals surface area contributed by atoms with Crippen molar-refractivity contribution in [2.45, 2.75) is 25.3 Å². The molecule has 3 aromatic heterocycles. The lowest BCUT2D eigenvalue weighted by molar-refractivity contribution is 0.0686. The summed E-state index contributed by atoms with van der Waals surface area (Å²) < 4.78 is 0. The van der Waals surface area contributed by atoms with Gasteiger partial charge in [0.15, 0.2) is 0 Å². The monoisotopic (exact) mass is 531 g/mol. The molecule has 1 saturated carbocycles. The van der Waals surface area contributed by atoms with E-state index < -0.39 is 0 Å². The summed E-state index contributed by atoms with van der Waals surface area (Å²) in [5.41, 5.74) is 5.56. The fourth-order valence-corrected chi connectivity index (χ4v) is 7.24. The van der Waals surface area contributed by atoms with Crippen LogP contribution >= 0.6 is 22.7 Å². The van der Waals surface area contributed by atoms with Crippen molar-refractivity contribution >= 4 is 51.3 Å². The Hall–Kier alpha value is -3.87. The molecule has 1 amide bonds. The number of pyridine rings is 1. The highest BCUT2D eigenvalue weighted by molar-refractivity contribution is 7.11. The summed E-state index contributed by atoms with van der Waals surface area (Å²) in [6.07, 6.45) is 5.38. The zero-order chi connectivity index (χ0) is 25.5. The van der Waals surface area contributed by atoms with Crippen LogP contribution in [0.3, 0.4) is 0 Å². The molecule has 6 heteroatoms. The van der Waals surface area contributed by atoms with Crippen LogP contribution in [-0.4, -0.2) is 21.6 Å². The summed E-state index contributed by atoms with van der Waals surface area (Å²) in [5, 5.41) is 11.9. The van der Waals surface area contributed by atoms with E-state index in [1.54, 1.807) is 27.7 Å². The van der Waals surface area contributed by atoms with E-state index in [1.165, 1.54) is 15.3 Å². The molecule has 5 aromatic rings. The van der Waals surface area contributed by atoms with Gasteiger partial charge >= 0.3 is 0 Å². The second-order valence-corrected chi connectivity index (χ2v) is 11.7. The standard InChI is InChI=1S/C32H25N3OS2/c36-32(26-20-28(21-9-2-1-3-10-21)33-27-15-5-4-13-24(26)27)35-31(29-16-8-18-38-29)25-14-6-11-22(30(25)34-35)19-23-12-7-17-37-23/h1-5,7-10,12-13,15-20,25,31H,6,11,14H2/b22-19+/t25-,31-/m1/s1. The Morgan fingerprint density at radius 1 is 0.921 bits per heavy atom. The van der Waals surface area contributed by atoms with Gasteiger partial charge in [-0.3, -0.25) is 4.79 Å². The molecule has 0 saturated heterocycles. The molecular formula is C32H25N3OS2. The number of allylic oxidation sites excluding steroid dienone is 1. The van der Waals surface area contributed by atoms with Gasteiger partial charge in [-0.15, -0.1) is 22.7 Å². The highest BCUT2D eigenvalue weighted by Gasteiger charge is 2.44. The third-order valence-electron chi connectivity index (χ3n) is 7.42. The number of hydrogen-bond acceptors (Lipinski definition) is 5. The van der Waals surface area contributed by atoms with Gasteiger partial charge in [-0.05, 0) is 65.9 Å². The van der Waals surface area contributed by atoms with Gasteiger partial charge in [-0.1, -0.05) is 60.7 Å². The summed E-state index contributed by atoms with van der Waals surface area (Å²) in [5.74, 6) is 0.121. The average Bonchev–Trinajstić information content (AvgIpc) is 3.74. The average molecular weight is 532 g/mol. The highest BCUT2D eigenvalue weighted by Crippen LogP contribution is 2.46. The number of carbonyl (C=O) groups is 1. The Morgan fingerprint density at radius 3 is 2.55 bits per heavy atom. The maximum Gasteiger partial charge on any atom is 0.275 e. The molecule has 1 aliphatic heterocycles. The predicted octanol–water partition coefficient (Wildman–Crippen LogP) is 8.46. The summed E-state index contributed by atoms with van der Waals surface area (Å²) in [4.78, 5) is 21.8. The molecule has 0 radical (unpaired) electrons. The third kappa shape index (κ3) is 4.10. The van der Waals surface area contributed by atoms with Crippen LogP contribution in [0.4, 0.5) is 0 Å². The molecule has 1 aliphatic carbocycles. The first-order valence-electron chi connectivity index (χ1n) is 12.9. The fourth-order valence-electron chi connectivity index (χ4n) is 5.68. The molecule has 38 heavy (non-hydrogen) atoms. The highest BCUT2D eigenvalue weighted by atomic mass is 32.1. The molecule has 0 spiro atoms. The van der Waals surface area contributed by atoms with Crippen LogP contribution in [0.15, 0.2) is 106 Å². The largest absolute Gasteiger partial charge is 0.275 e. The molecule has 1 fully saturated rings. The number of hydrazone groups is 1. The van der Waals surface area contributed by atoms with E-state index in [0.29, 0.717) is 5.56 Å². The van der Waals surface area contributed by atoms with Gasteiger partial charge in [0, 0.05) is 26.6 Å².